The van der Waals surface area contributed by atoms with Gasteiger partial charge in [0.25, 0.3) is 0 Å². The van der Waals surface area contributed by atoms with E-state index in [-0.39, 0.29) is 0 Å². The second-order valence-corrected chi connectivity index (χ2v) is 3.20. The Morgan fingerprint density at radius 2 is 2.00 bits per heavy atom. The molecule has 0 saturated carbocycles. The third-order valence-electron chi connectivity index (χ3n) is 2.03. The molecular weight excluding hydrogens is 221 g/mol. The predicted octanol–water partition coefficient (Wildman–Crippen LogP) is 1.90. The lowest BCUT2D eigenvalue weighted by molar-refractivity contribution is -0.137. The van der Waals surface area contributed by atoms with Crippen LogP contribution < -0.4 is 0 Å². The molecule has 0 unspecified atom stereocenters. The van der Waals surface area contributed by atoms with Gasteiger partial charge in [0, 0.05) is 13.2 Å². The third kappa shape index (κ3) is 1.88. The van der Waals surface area contributed by atoms with E-state index in [0.29, 0.717) is 11.5 Å². The van der Waals surface area contributed by atoms with Gasteiger partial charge < -0.3 is 4.57 Å². The summed E-state index contributed by atoms with van der Waals surface area (Å²) in [5.41, 5.74) is -0.425. The number of pyridine rings is 1. The number of aryl methyl sites for hydroxylation is 1. The zero-order valence-electron chi connectivity index (χ0n) is 8.23. The van der Waals surface area contributed by atoms with Crippen molar-refractivity contribution in [2.75, 3.05) is 0 Å². The Bertz CT molecular complexity index is 486. The molecule has 0 radical (unpaired) electrons. The van der Waals surface area contributed by atoms with Crippen LogP contribution in [-0.4, -0.2) is 19.7 Å². The minimum absolute atomic E-state index is 0.355. The molecule has 0 aliphatic carbocycles. The van der Waals surface area contributed by atoms with E-state index in [1.54, 1.807) is 11.6 Å². The van der Waals surface area contributed by atoms with E-state index in [4.69, 9.17) is 0 Å². The molecule has 0 atom stereocenters. The molecule has 0 fully saturated rings. The summed E-state index contributed by atoms with van der Waals surface area (Å²) in [6.07, 6.45) is -2.13. The molecule has 0 saturated heterocycles. The lowest BCUT2D eigenvalue weighted by atomic mass is 10.2. The summed E-state index contributed by atoms with van der Waals surface area (Å²) in [6, 6.07) is 2.24. The first kappa shape index (κ1) is 10.6. The van der Waals surface area contributed by atoms with Gasteiger partial charge in [0.1, 0.15) is 12.0 Å². The average molecular weight is 228 g/mol. The molecule has 4 nitrogen and oxygen atoms in total. The van der Waals surface area contributed by atoms with Gasteiger partial charge in [-0.25, -0.2) is 0 Å². The van der Waals surface area contributed by atoms with E-state index in [1.807, 2.05) is 0 Å². The molecule has 16 heavy (non-hydrogen) atoms. The molecule has 2 aromatic heterocycles. The van der Waals surface area contributed by atoms with Gasteiger partial charge in [-0.1, -0.05) is 0 Å². The number of aromatic nitrogens is 4. The fourth-order valence-electron chi connectivity index (χ4n) is 1.21. The van der Waals surface area contributed by atoms with Crippen LogP contribution in [0.15, 0.2) is 24.7 Å². The van der Waals surface area contributed by atoms with E-state index in [9.17, 15) is 13.2 Å². The minimum Gasteiger partial charge on any atom is -0.315 e. The van der Waals surface area contributed by atoms with E-state index < -0.39 is 11.7 Å². The smallest absolute Gasteiger partial charge is 0.315 e. The maximum atomic E-state index is 12.3. The van der Waals surface area contributed by atoms with E-state index in [1.165, 1.54) is 12.4 Å². The fourth-order valence-corrected chi connectivity index (χ4v) is 1.21. The van der Waals surface area contributed by atoms with Gasteiger partial charge in [-0.05, 0) is 12.1 Å². The molecule has 0 aromatic carbocycles. The molecule has 0 aliphatic rings. The van der Waals surface area contributed by atoms with E-state index in [2.05, 4.69) is 15.2 Å². The largest absolute Gasteiger partial charge is 0.417 e. The predicted molar refractivity (Wildman–Crippen MR) is 49.2 cm³/mol. The fraction of sp³-hybridized carbons (Fsp3) is 0.222. The topological polar surface area (TPSA) is 43.6 Å². The van der Waals surface area contributed by atoms with E-state index >= 15 is 0 Å². The first-order valence-electron chi connectivity index (χ1n) is 4.36. The summed E-state index contributed by atoms with van der Waals surface area (Å²) >= 11 is 0. The zero-order valence-corrected chi connectivity index (χ0v) is 8.23. The standard InChI is InChI=1S/C9H7F3N4/c1-16-5-14-15-8(16)7-3-2-6(4-13-7)9(10,11)12/h2-5H,1H3. The average Bonchev–Trinajstić information content (AvgIpc) is 2.63. The Hall–Kier alpha value is -1.92. The summed E-state index contributed by atoms with van der Waals surface area (Å²) in [7, 11) is 1.69. The molecule has 84 valence electrons. The number of hydrogen-bond donors (Lipinski definition) is 0. The van der Waals surface area contributed by atoms with Crippen LogP contribution in [-0.2, 0) is 13.2 Å². The molecule has 0 spiro atoms. The Morgan fingerprint density at radius 3 is 2.44 bits per heavy atom. The van der Waals surface area contributed by atoms with Crippen molar-refractivity contribution < 1.29 is 13.2 Å². The molecule has 0 aliphatic heterocycles. The zero-order chi connectivity index (χ0) is 11.8. The normalized spacial score (nSPS) is 11.8. The Morgan fingerprint density at radius 1 is 1.25 bits per heavy atom. The van der Waals surface area contributed by atoms with Crippen LogP contribution >= 0.6 is 0 Å². The third-order valence-corrected chi connectivity index (χ3v) is 2.03. The maximum Gasteiger partial charge on any atom is 0.417 e. The van der Waals surface area contributed by atoms with E-state index in [0.717, 1.165) is 12.3 Å². The molecule has 0 amide bonds. The number of hydrogen-bond acceptors (Lipinski definition) is 3. The van der Waals surface area contributed by atoms with Gasteiger partial charge in [-0.15, -0.1) is 10.2 Å². The number of nitrogens with zero attached hydrogens (tertiary/aromatic N) is 4. The minimum atomic E-state index is -4.37. The molecule has 0 bridgehead atoms. The van der Waals surface area contributed by atoms with Crippen LogP contribution in [0.5, 0.6) is 0 Å². The van der Waals surface area contributed by atoms with Gasteiger partial charge in [0.2, 0.25) is 0 Å². The Labute approximate surface area is 88.8 Å². The monoisotopic (exact) mass is 228 g/mol. The highest BCUT2D eigenvalue weighted by Crippen LogP contribution is 2.29. The van der Waals surface area contributed by atoms with Crippen molar-refractivity contribution >= 4 is 0 Å². The van der Waals surface area contributed by atoms with Gasteiger partial charge in [0.15, 0.2) is 5.82 Å². The van der Waals surface area contributed by atoms with Crippen molar-refractivity contribution in [1.82, 2.24) is 19.7 Å². The number of halogens is 3. The van der Waals surface area contributed by atoms with Crippen LogP contribution in [0, 0.1) is 0 Å². The van der Waals surface area contributed by atoms with Gasteiger partial charge >= 0.3 is 6.18 Å². The Kier molecular flexibility index (Phi) is 2.37. The van der Waals surface area contributed by atoms with Crippen LogP contribution in [0.4, 0.5) is 13.2 Å². The van der Waals surface area contributed by atoms with Crippen LogP contribution in [0.3, 0.4) is 0 Å². The maximum absolute atomic E-state index is 12.3. The number of rotatable bonds is 1. The van der Waals surface area contributed by atoms with Gasteiger partial charge in [-0.3, -0.25) is 4.98 Å². The highest BCUT2D eigenvalue weighted by molar-refractivity contribution is 5.48. The van der Waals surface area contributed by atoms with Crippen molar-refractivity contribution in [1.29, 1.82) is 0 Å². The lowest BCUT2D eigenvalue weighted by Gasteiger charge is -2.06. The summed E-state index contributed by atoms with van der Waals surface area (Å²) in [5.74, 6) is 0.425. The van der Waals surface area contributed by atoms with Crippen molar-refractivity contribution in [2.24, 2.45) is 7.05 Å². The Balaban J connectivity index is 2.37. The van der Waals surface area contributed by atoms with Crippen molar-refractivity contribution in [2.45, 2.75) is 6.18 Å². The first-order valence-corrected chi connectivity index (χ1v) is 4.36. The van der Waals surface area contributed by atoms with Gasteiger partial charge in [0.05, 0.1) is 5.56 Å². The van der Waals surface area contributed by atoms with Crippen molar-refractivity contribution in [3.63, 3.8) is 0 Å². The molecule has 2 rings (SSSR count). The highest BCUT2D eigenvalue weighted by Gasteiger charge is 2.30. The summed E-state index contributed by atoms with van der Waals surface area (Å²) in [5, 5.41) is 7.37. The van der Waals surface area contributed by atoms with Crippen molar-refractivity contribution in [3.05, 3.63) is 30.2 Å². The lowest BCUT2D eigenvalue weighted by Crippen LogP contribution is -2.05. The summed E-state index contributed by atoms with van der Waals surface area (Å²) < 4.78 is 38.4. The molecule has 2 heterocycles. The quantitative estimate of drug-likeness (QED) is 0.748. The van der Waals surface area contributed by atoms with Crippen molar-refractivity contribution in [3.8, 4) is 11.5 Å². The highest BCUT2D eigenvalue weighted by atomic mass is 19.4. The summed E-state index contributed by atoms with van der Waals surface area (Å²) in [6.45, 7) is 0. The second kappa shape index (κ2) is 3.58. The first-order chi connectivity index (χ1) is 7.48. The van der Waals surface area contributed by atoms with Crippen LogP contribution in [0.1, 0.15) is 5.56 Å². The number of alkyl halides is 3. The van der Waals surface area contributed by atoms with Crippen LogP contribution in [0.25, 0.3) is 11.5 Å². The molecule has 2 aromatic rings. The second-order valence-electron chi connectivity index (χ2n) is 3.20. The molecular formula is C9H7F3N4. The molecule has 7 heteroatoms. The summed E-state index contributed by atoms with van der Waals surface area (Å²) in [4.78, 5) is 3.71. The molecule has 0 N–H and O–H groups in total. The van der Waals surface area contributed by atoms with Gasteiger partial charge in [-0.2, -0.15) is 13.2 Å². The SMILES string of the molecule is Cn1cnnc1-c1ccc(C(F)(F)F)cn1. The van der Waals surface area contributed by atoms with Crippen LogP contribution in [0.2, 0.25) is 0 Å².